The Bertz CT molecular complexity index is 367. The highest BCUT2D eigenvalue weighted by Crippen LogP contribution is 2.31. The van der Waals surface area contributed by atoms with E-state index in [0.717, 1.165) is 13.1 Å². The van der Waals surface area contributed by atoms with E-state index in [2.05, 4.69) is 76.1 Å². The van der Waals surface area contributed by atoms with Gasteiger partial charge in [-0.3, -0.25) is 4.90 Å². The second kappa shape index (κ2) is 6.35. The third-order valence-corrected chi connectivity index (χ3v) is 3.95. The van der Waals surface area contributed by atoms with Crippen LogP contribution < -0.4 is 5.32 Å². The Morgan fingerprint density at radius 1 is 1.22 bits per heavy atom. The van der Waals surface area contributed by atoms with Crippen LogP contribution in [0.15, 0.2) is 24.3 Å². The molecule has 0 amide bonds. The fourth-order valence-electron chi connectivity index (χ4n) is 3.00. The van der Waals surface area contributed by atoms with Crippen LogP contribution in [0.3, 0.4) is 0 Å². The molecule has 0 saturated carbocycles. The Morgan fingerprint density at radius 3 is 2.28 bits per heavy atom. The summed E-state index contributed by atoms with van der Waals surface area (Å²) in [6.45, 7) is 13.4. The zero-order valence-electron chi connectivity index (χ0n) is 12.7. The zero-order chi connectivity index (χ0) is 13.8. The van der Waals surface area contributed by atoms with E-state index in [1.165, 1.54) is 11.1 Å². The van der Waals surface area contributed by atoms with E-state index >= 15 is 0 Å². The summed E-state index contributed by atoms with van der Waals surface area (Å²) >= 11 is 0. The maximum absolute atomic E-state index is 3.49. The van der Waals surface area contributed by atoms with Crippen molar-refractivity contribution in [2.24, 2.45) is 0 Å². The Balaban J connectivity index is 3.08. The largest absolute Gasteiger partial charge is 0.311 e. The van der Waals surface area contributed by atoms with Crippen molar-refractivity contribution in [3.05, 3.63) is 35.4 Å². The van der Waals surface area contributed by atoms with Crippen molar-refractivity contribution in [3.63, 3.8) is 0 Å². The van der Waals surface area contributed by atoms with Crippen molar-refractivity contribution in [2.45, 2.75) is 46.2 Å². The molecule has 1 rings (SSSR count). The first kappa shape index (κ1) is 15.2. The van der Waals surface area contributed by atoms with Gasteiger partial charge in [-0.05, 0) is 46.5 Å². The molecule has 18 heavy (non-hydrogen) atoms. The van der Waals surface area contributed by atoms with Gasteiger partial charge in [-0.15, -0.1) is 0 Å². The number of hydrogen-bond donors (Lipinski definition) is 1. The Kier molecular flexibility index (Phi) is 5.36. The molecule has 2 heteroatoms. The first-order chi connectivity index (χ1) is 8.47. The minimum Gasteiger partial charge on any atom is -0.311 e. The quantitative estimate of drug-likeness (QED) is 0.830. The minimum atomic E-state index is 0.103. The Hall–Kier alpha value is -0.860. The number of rotatable bonds is 6. The van der Waals surface area contributed by atoms with E-state index in [1.54, 1.807) is 0 Å². The molecule has 0 bridgehead atoms. The van der Waals surface area contributed by atoms with Crippen molar-refractivity contribution >= 4 is 0 Å². The second-order valence-corrected chi connectivity index (χ2v) is 5.46. The third-order valence-electron chi connectivity index (χ3n) is 3.95. The number of aryl methyl sites for hydroxylation is 1. The van der Waals surface area contributed by atoms with Gasteiger partial charge in [-0.1, -0.05) is 43.7 Å². The lowest BCUT2D eigenvalue weighted by molar-refractivity contribution is 0.0944. The average molecular weight is 248 g/mol. The van der Waals surface area contributed by atoms with Gasteiger partial charge >= 0.3 is 0 Å². The lowest BCUT2D eigenvalue weighted by Crippen LogP contribution is -2.51. The van der Waals surface area contributed by atoms with Gasteiger partial charge in [0.15, 0.2) is 0 Å². The molecule has 0 heterocycles. The maximum Gasteiger partial charge on any atom is 0.0499 e. The van der Waals surface area contributed by atoms with Crippen molar-refractivity contribution in [1.29, 1.82) is 0 Å². The van der Waals surface area contributed by atoms with E-state index in [1.807, 2.05) is 0 Å². The molecule has 0 aliphatic heterocycles. The van der Waals surface area contributed by atoms with Crippen molar-refractivity contribution in [3.8, 4) is 0 Å². The number of hydrogen-bond acceptors (Lipinski definition) is 2. The molecule has 1 aromatic rings. The number of nitrogens with one attached hydrogen (secondary N) is 1. The van der Waals surface area contributed by atoms with E-state index in [9.17, 15) is 0 Å². The Labute approximate surface area is 112 Å². The first-order valence-corrected chi connectivity index (χ1v) is 6.96. The van der Waals surface area contributed by atoms with Gasteiger partial charge in [0, 0.05) is 11.6 Å². The van der Waals surface area contributed by atoms with Crippen LogP contribution in [0, 0.1) is 6.92 Å². The van der Waals surface area contributed by atoms with Gasteiger partial charge in [0.2, 0.25) is 0 Å². The lowest BCUT2D eigenvalue weighted by atomic mass is 9.86. The maximum atomic E-state index is 3.49. The van der Waals surface area contributed by atoms with Crippen LogP contribution in [-0.4, -0.2) is 30.6 Å². The molecule has 0 aromatic heterocycles. The van der Waals surface area contributed by atoms with Gasteiger partial charge in [-0.25, -0.2) is 0 Å². The highest BCUT2D eigenvalue weighted by Gasteiger charge is 2.33. The predicted octanol–water partition coefficient (Wildman–Crippen LogP) is 3.38. The Morgan fingerprint density at radius 2 is 1.83 bits per heavy atom. The molecule has 0 aliphatic rings. The van der Waals surface area contributed by atoms with Gasteiger partial charge in [0.05, 0.1) is 0 Å². The van der Waals surface area contributed by atoms with Gasteiger partial charge in [0.1, 0.15) is 0 Å². The van der Waals surface area contributed by atoms with Crippen LogP contribution in [0.2, 0.25) is 0 Å². The van der Waals surface area contributed by atoms with Gasteiger partial charge in [0.25, 0.3) is 0 Å². The summed E-state index contributed by atoms with van der Waals surface area (Å²) in [5.74, 6) is 0. The number of nitrogens with zero attached hydrogens (tertiary/aromatic N) is 1. The SMILES string of the molecule is CCN(CC)C(C)(C)C(NC)c1cccc(C)c1. The molecule has 0 saturated heterocycles. The zero-order valence-corrected chi connectivity index (χ0v) is 12.7. The van der Waals surface area contributed by atoms with E-state index in [-0.39, 0.29) is 5.54 Å². The molecule has 0 fully saturated rings. The van der Waals surface area contributed by atoms with Gasteiger partial charge < -0.3 is 5.32 Å². The van der Waals surface area contributed by atoms with Crippen LogP contribution in [0.25, 0.3) is 0 Å². The molecular weight excluding hydrogens is 220 g/mol. The molecule has 102 valence electrons. The summed E-state index contributed by atoms with van der Waals surface area (Å²) in [5, 5.41) is 3.49. The smallest absolute Gasteiger partial charge is 0.0499 e. The number of likely N-dealkylation sites (N-methyl/N-ethyl adjacent to an activating group) is 2. The second-order valence-electron chi connectivity index (χ2n) is 5.46. The van der Waals surface area contributed by atoms with Crippen molar-refractivity contribution in [1.82, 2.24) is 10.2 Å². The normalized spacial score (nSPS) is 13.9. The molecule has 0 aliphatic carbocycles. The summed E-state index contributed by atoms with van der Waals surface area (Å²) in [6.07, 6.45) is 0. The van der Waals surface area contributed by atoms with Crippen LogP contribution in [0.5, 0.6) is 0 Å². The monoisotopic (exact) mass is 248 g/mol. The van der Waals surface area contributed by atoms with E-state index in [4.69, 9.17) is 0 Å². The molecule has 1 aromatic carbocycles. The van der Waals surface area contributed by atoms with E-state index < -0.39 is 0 Å². The predicted molar refractivity (Wildman–Crippen MR) is 80.0 cm³/mol. The molecule has 1 unspecified atom stereocenters. The molecular formula is C16H28N2. The van der Waals surface area contributed by atoms with Crippen molar-refractivity contribution in [2.75, 3.05) is 20.1 Å². The molecule has 1 atom stereocenters. The average Bonchev–Trinajstić information content (AvgIpc) is 2.30. The standard InChI is InChI=1S/C16H28N2/c1-7-18(8-2)16(4,5)15(17-6)14-11-9-10-13(3)12-14/h9-12,15,17H,7-8H2,1-6H3. The molecule has 0 radical (unpaired) electrons. The van der Waals surface area contributed by atoms with Crippen molar-refractivity contribution < 1.29 is 0 Å². The fraction of sp³-hybridized carbons (Fsp3) is 0.625. The van der Waals surface area contributed by atoms with Crippen LogP contribution in [0.1, 0.15) is 44.9 Å². The highest BCUT2D eigenvalue weighted by atomic mass is 15.2. The summed E-state index contributed by atoms with van der Waals surface area (Å²) in [7, 11) is 2.05. The fourth-order valence-corrected chi connectivity index (χ4v) is 3.00. The summed E-state index contributed by atoms with van der Waals surface area (Å²) < 4.78 is 0. The van der Waals surface area contributed by atoms with E-state index in [0.29, 0.717) is 6.04 Å². The first-order valence-electron chi connectivity index (χ1n) is 6.96. The van der Waals surface area contributed by atoms with Crippen LogP contribution in [0.4, 0.5) is 0 Å². The van der Waals surface area contributed by atoms with Gasteiger partial charge in [-0.2, -0.15) is 0 Å². The summed E-state index contributed by atoms with van der Waals surface area (Å²) in [4.78, 5) is 2.51. The molecule has 0 spiro atoms. The van der Waals surface area contributed by atoms with Crippen LogP contribution >= 0.6 is 0 Å². The third kappa shape index (κ3) is 3.12. The molecule has 2 nitrogen and oxygen atoms in total. The number of benzene rings is 1. The topological polar surface area (TPSA) is 15.3 Å². The lowest BCUT2D eigenvalue weighted by Gasteiger charge is -2.43. The summed E-state index contributed by atoms with van der Waals surface area (Å²) in [6, 6.07) is 9.15. The summed E-state index contributed by atoms with van der Waals surface area (Å²) in [5.41, 5.74) is 2.80. The molecule has 1 N–H and O–H groups in total. The highest BCUT2D eigenvalue weighted by molar-refractivity contribution is 5.27. The minimum absolute atomic E-state index is 0.103. The van der Waals surface area contributed by atoms with Crippen LogP contribution in [-0.2, 0) is 0 Å².